The zero-order chi connectivity index (χ0) is 13.4. The highest BCUT2D eigenvalue weighted by molar-refractivity contribution is 5.85. The Morgan fingerprint density at radius 1 is 1.32 bits per heavy atom. The van der Waals surface area contributed by atoms with Gasteiger partial charge in [-0.3, -0.25) is 9.59 Å². The van der Waals surface area contributed by atoms with Gasteiger partial charge in [-0.1, -0.05) is 30.3 Å². The molecule has 1 aromatic carbocycles. The molecule has 0 radical (unpaired) electrons. The van der Waals surface area contributed by atoms with Crippen molar-refractivity contribution in [3.63, 3.8) is 0 Å². The molecule has 0 heterocycles. The Bertz CT molecular complexity index is 397. The van der Waals surface area contributed by atoms with Gasteiger partial charge in [0, 0.05) is 6.42 Å². The van der Waals surface area contributed by atoms with E-state index in [2.05, 4.69) is 5.32 Å². The van der Waals surface area contributed by atoms with E-state index >= 15 is 0 Å². The van der Waals surface area contributed by atoms with Crippen LogP contribution >= 0.6 is 12.4 Å². The number of hydrogen-bond acceptors (Lipinski definition) is 4. The van der Waals surface area contributed by atoms with E-state index in [9.17, 15) is 9.59 Å². The van der Waals surface area contributed by atoms with Gasteiger partial charge in [-0.2, -0.15) is 0 Å². The molecular formula is C13H18ClNO4. The Balaban J connectivity index is 0.00000324. The minimum Gasteiger partial charge on any atom is -0.481 e. The molecule has 1 aromatic rings. The molecule has 0 aromatic heterocycles. The summed E-state index contributed by atoms with van der Waals surface area (Å²) in [4.78, 5) is 22.1. The van der Waals surface area contributed by atoms with Crippen molar-refractivity contribution in [1.82, 2.24) is 5.32 Å². The van der Waals surface area contributed by atoms with Gasteiger partial charge in [-0.15, -0.1) is 12.4 Å². The first kappa shape index (κ1) is 17.4. The number of hydrogen-bond donors (Lipinski definition) is 2. The molecule has 1 unspecified atom stereocenters. The number of rotatable bonds is 7. The third kappa shape index (κ3) is 6.79. The van der Waals surface area contributed by atoms with Crippen LogP contribution in [0.4, 0.5) is 0 Å². The molecule has 0 fully saturated rings. The summed E-state index contributed by atoms with van der Waals surface area (Å²) in [5.74, 6) is -1.35. The normalized spacial score (nSPS) is 11.2. The van der Waals surface area contributed by atoms with E-state index in [1.54, 1.807) is 7.05 Å². The van der Waals surface area contributed by atoms with Crippen molar-refractivity contribution in [1.29, 1.82) is 0 Å². The number of likely N-dealkylation sites (N-methyl/N-ethyl adjacent to an activating group) is 1. The lowest BCUT2D eigenvalue weighted by atomic mass is 10.1. The van der Waals surface area contributed by atoms with Crippen molar-refractivity contribution in [3.8, 4) is 0 Å². The first-order chi connectivity index (χ1) is 8.63. The van der Waals surface area contributed by atoms with Gasteiger partial charge in [0.2, 0.25) is 0 Å². The molecule has 0 aliphatic rings. The standard InChI is InChI=1S/C13H17NO4.ClH/c1-14-11(7-8-12(15)16)13(17)18-9-10-5-3-2-4-6-10;/h2-6,11,14H,7-9H2,1H3,(H,15,16);1H. The topological polar surface area (TPSA) is 75.6 Å². The summed E-state index contributed by atoms with van der Waals surface area (Å²) in [7, 11) is 1.61. The maximum Gasteiger partial charge on any atom is 0.323 e. The number of nitrogens with one attached hydrogen (secondary N) is 1. The maximum atomic E-state index is 11.7. The highest BCUT2D eigenvalue weighted by Crippen LogP contribution is 2.04. The molecule has 1 atom stereocenters. The molecule has 6 heteroatoms. The monoisotopic (exact) mass is 287 g/mol. The van der Waals surface area contributed by atoms with Gasteiger partial charge in [-0.25, -0.2) is 0 Å². The fourth-order valence-corrected chi connectivity index (χ4v) is 1.48. The van der Waals surface area contributed by atoms with Crippen molar-refractivity contribution >= 4 is 24.3 Å². The average Bonchev–Trinajstić information content (AvgIpc) is 2.38. The van der Waals surface area contributed by atoms with E-state index in [0.29, 0.717) is 0 Å². The van der Waals surface area contributed by atoms with Crippen LogP contribution in [0.15, 0.2) is 30.3 Å². The van der Waals surface area contributed by atoms with E-state index in [1.165, 1.54) is 0 Å². The molecule has 0 saturated carbocycles. The quantitative estimate of drug-likeness (QED) is 0.745. The Labute approximate surface area is 118 Å². The molecule has 1 rings (SSSR count). The fraction of sp³-hybridized carbons (Fsp3) is 0.385. The Kier molecular flexibility index (Phi) is 8.57. The third-order valence-electron chi connectivity index (χ3n) is 2.50. The molecule has 0 aliphatic carbocycles. The van der Waals surface area contributed by atoms with Crippen LogP contribution in [0.3, 0.4) is 0 Å². The molecule has 0 spiro atoms. The van der Waals surface area contributed by atoms with E-state index in [4.69, 9.17) is 9.84 Å². The molecule has 0 amide bonds. The molecule has 19 heavy (non-hydrogen) atoms. The second kappa shape index (κ2) is 9.35. The highest BCUT2D eigenvalue weighted by atomic mass is 35.5. The van der Waals surface area contributed by atoms with Crippen LogP contribution in [0.2, 0.25) is 0 Å². The predicted octanol–water partition coefficient (Wildman–Crippen LogP) is 1.60. The average molecular weight is 288 g/mol. The number of halogens is 1. The number of aliphatic carboxylic acids is 1. The lowest BCUT2D eigenvalue weighted by molar-refractivity contribution is -0.147. The minimum absolute atomic E-state index is 0. The summed E-state index contributed by atoms with van der Waals surface area (Å²) >= 11 is 0. The lowest BCUT2D eigenvalue weighted by Crippen LogP contribution is -2.35. The Morgan fingerprint density at radius 2 is 1.95 bits per heavy atom. The summed E-state index contributed by atoms with van der Waals surface area (Å²) in [6, 6.07) is 8.75. The first-order valence-corrected chi connectivity index (χ1v) is 5.73. The van der Waals surface area contributed by atoms with E-state index in [1.807, 2.05) is 30.3 Å². The van der Waals surface area contributed by atoms with Crippen molar-refractivity contribution in [2.75, 3.05) is 7.05 Å². The second-order valence-electron chi connectivity index (χ2n) is 3.87. The van der Waals surface area contributed by atoms with Gasteiger partial charge in [0.1, 0.15) is 12.6 Å². The van der Waals surface area contributed by atoms with Gasteiger partial charge >= 0.3 is 11.9 Å². The van der Waals surface area contributed by atoms with Crippen molar-refractivity contribution in [3.05, 3.63) is 35.9 Å². The van der Waals surface area contributed by atoms with Crippen LogP contribution in [-0.4, -0.2) is 30.1 Å². The van der Waals surface area contributed by atoms with Crippen LogP contribution in [0, 0.1) is 0 Å². The fourth-order valence-electron chi connectivity index (χ4n) is 1.48. The Hall–Kier alpha value is -1.59. The highest BCUT2D eigenvalue weighted by Gasteiger charge is 2.18. The Morgan fingerprint density at radius 3 is 2.47 bits per heavy atom. The van der Waals surface area contributed by atoms with Gasteiger partial charge in [0.15, 0.2) is 0 Å². The first-order valence-electron chi connectivity index (χ1n) is 5.73. The van der Waals surface area contributed by atoms with Crippen LogP contribution < -0.4 is 5.32 Å². The summed E-state index contributed by atoms with van der Waals surface area (Å²) in [6.45, 7) is 0.199. The predicted molar refractivity (Wildman–Crippen MR) is 73.2 cm³/mol. The zero-order valence-electron chi connectivity index (χ0n) is 10.7. The van der Waals surface area contributed by atoms with E-state index < -0.39 is 18.0 Å². The van der Waals surface area contributed by atoms with Gasteiger partial charge in [-0.05, 0) is 19.0 Å². The van der Waals surface area contributed by atoms with Gasteiger partial charge < -0.3 is 15.2 Å². The number of ether oxygens (including phenoxy) is 1. The maximum absolute atomic E-state index is 11.7. The number of benzene rings is 1. The van der Waals surface area contributed by atoms with Crippen molar-refractivity contribution in [2.45, 2.75) is 25.5 Å². The molecule has 0 saturated heterocycles. The third-order valence-corrected chi connectivity index (χ3v) is 2.50. The van der Waals surface area contributed by atoms with Gasteiger partial charge in [0.05, 0.1) is 0 Å². The second-order valence-corrected chi connectivity index (χ2v) is 3.87. The minimum atomic E-state index is -0.925. The molecule has 0 aliphatic heterocycles. The SMILES string of the molecule is CNC(CCC(=O)O)C(=O)OCc1ccccc1.Cl. The number of carbonyl (C=O) groups excluding carboxylic acids is 1. The van der Waals surface area contributed by atoms with Crippen LogP contribution in [0.25, 0.3) is 0 Å². The molecule has 2 N–H and O–H groups in total. The van der Waals surface area contributed by atoms with Crippen LogP contribution in [0.5, 0.6) is 0 Å². The zero-order valence-corrected chi connectivity index (χ0v) is 11.5. The largest absolute Gasteiger partial charge is 0.481 e. The number of carboxylic acids is 1. The number of esters is 1. The molecule has 0 bridgehead atoms. The van der Waals surface area contributed by atoms with E-state index in [0.717, 1.165) is 5.56 Å². The number of carboxylic acid groups (broad SMARTS) is 1. The van der Waals surface area contributed by atoms with Crippen LogP contribution in [-0.2, 0) is 20.9 Å². The lowest BCUT2D eigenvalue weighted by Gasteiger charge is -2.14. The molecule has 5 nitrogen and oxygen atoms in total. The van der Waals surface area contributed by atoms with Crippen molar-refractivity contribution in [2.24, 2.45) is 0 Å². The van der Waals surface area contributed by atoms with Gasteiger partial charge in [0.25, 0.3) is 0 Å². The van der Waals surface area contributed by atoms with Crippen LogP contribution in [0.1, 0.15) is 18.4 Å². The summed E-state index contributed by atoms with van der Waals surface area (Å²) < 4.78 is 5.12. The van der Waals surface area contributed by atoms with Crippen molar-refractivity contribution < 1.29 is 19.4 Å². The summed E-state index contributed by atoms with van der Waals surface area (Å²) in [6.07, 6.45) is 0.158. The molecule has 106 valence electrons. The number of carbonyl (C=O) groups is 2. The summed E-state index contributed by atoms with van der Waals surface area (Å²) in [5.41, 5.74) is 0.902. The smallest absolute Gasteiger partial charge is 0.323 e. The van der Waals surface area contributed by atoms with E-state index in [-0.39, 0.29) is 31.9 Å². The molecular weight excluding hydrogens is 270 g/mol. The summed E-state index contributed by atoms with van der Waals surface area (Å²) in [5, 5.41) is 11.3.